The minimum atomic E-state index is -0.0473. The van der Waals surface area contributed by atoms with Gasteiger partial charge in [0.25, 0.3) is 0 Å². The second kappa shape index (κ2) is 8.52. The summed E-state index contributed by atoms with van der Waals surface area (Å²) in [7, 11) is 0. The zero-order chi connectivity index (χ0) is 17.6. The van der Waals surface area contributed by atoms with E-state index in [1.165, 1.54) is 11.3 Å². The standard InChI is InChI=1S/C19H17ClN2OS2/c1-13-6-2-4-8-16(13)22-18(23)10-19-21-14(12-25-19)11-24-17-9-5-3-7-15(17)20/h2-9,12H,10-11H2,1H3,(H,22,23). The van der Waals surface area contributed by atoms with E-state index in [1.54, 1.807) is 11.8 Å². The number of aromatic nitrogens is 1. The van der Waals surface area contributed by atoms with Gasteiger partial charge in [-0.05, 0) is 30.7 Å². The predicted octanol–water partition coefficient (Wildman–Crippen LogP) is 5.58. The molecule has 0 atom stereocenters. The number of benzene rings is 2. The third kappa shape index (κ3) is 5.08. The van der Waals surface area contributed by atoms with Gasteiger partial charge >= 0.3 is 0 Å². The Balaban J connectivity index is 1.55. The number of hydrogen-bond donors (Lipinski definition) is 1. The summed E-state index contributed by atoms with van der Waals surface area (Å²) in [5.41, 5.74) is 2.86. The van der Waals surface area contributed by atoms with Crippen LogP contribution in [0.4, 0.5) is 5.69 Å². The molecule has 0 unspecified atom stereocenters. The molecular formula is C19H17ClN2OS2. The minimum absolute atomic E-state index is 0.0473. The van der Waals surface area contributed by atoms with Gasteiger partial charge in [0.1, 0.15) is 5.01 Å². The molecule has 128 valence electrons. The lowest BCUT2D eigenvalue weighted by Gasteiger charge is -2.06. The monoisotopic (exact) mass is 388 g/mol. The van der Waals surface area contributed by atoms with E-state index < -0.39 is 0 Å². The number of thioether (sulfide) groups is 1. The number of halogens is 1. The van der Waals surface area contributed by atoms with Crippen LogP contribution in [0.25, 0.3) is 0 Å². The zero-order valence-corrected chi connectivity index (χ0v) is 16.0. The second-order valence-corrected chi connectivity index (χ2v) is 7.86. The lowest BCUT2D eigenvalue weighted by Crippen LogP contribution is -2.15. The van der Waals surface area contributed by atoms with Gasteiger partial charge in [0.15, 0.2) is 0 Å². The molecular weight excluding hydrogens is 372 g/mol. The van der Waals surface area contributed by atoms with Crippen LogP contribution in [-0.4, -0.2) is 10.9 Å². The number of anilines is 1. The van der Waals surface area contributed by atoms with Gasteiger partial charge in [-0.15, -0.1) is 23.1 Å². The molecule has 2 aromatic carbocycles. The van der Waals surface area contributed by atoms with Crippen molar-refractivity contribution in [3.05, 3.63) is 75.2 Å². The molecule has 3 aromatic rings. The van der Waals surface area contributed by atoms with Crippen molar-refractivity contribution in [2.75, 3.05) is 5.32 Å². The van der Waals surface area contributed by atoms with Gasteiger partial charge in [0, 0.05) is 21.7 Å². The molecule has 1 heterocycles. The quantitative estimate of drug-likeness (QED) is 0.560. The minimum Gasteiger partial charge on any atom is -0.325 e. The van der Waals surface area contributed by atoms with Gasteiger partial charge in [-0.25, -0.2) is 4.98 Å². The van der Waals surface area contributed by atoms with Gasteiger partial charge < -0.3 is 5.32 Å². The van der Waals surface area contributed by atoms with Crippen molar-refractivity contribution in [3.8, 4) is 0 Å². The highest BCUT2D eigenvalue weighted by Crippen LogP contribution is 2.29. The number of hydrogen-bond acceptors (Lipinski definition) is 4. The third-order valence-electron chi connectivity index (χ3n) is 3.54. The van der Waals surface area contributed by atoms with Crippen molar-refractivity contribution >= 4 is 46.3 Å². The Bertz CT molecular complexity index is 879. The number of nitrogens with zero attached hydrogens (tertiary/aromatic N) is 1. The Labute approximate surface area is 160 Å². The van der Waals surface area contributed by atoms with Crippen LogP contribution in [0.3, 0.4) is 0 Å². The van der Waals surface area contributed by atoms with Gasteiger partial charge in [-0.3, -0.25) is 4.79 Å². The largest absolute Gasteiger partial charge is 0.325 e. The van der Waals surface area contributed by atoms with Crippen molar-refractivity contribution in [2.45, 2.75) is 24.0 Å². The van der Waals surface area contributed by atoms with Crippen LogP contribution in [0.15, 0.2) is 58.8 Å². The maximum Gasteiger partial charge on any atom is 0.231 e. The summed E-state index contributed by atoms with van der Waals surface area (Å²) in [5.74, 6) is 0.688. The first kappa shape index (κ1) is 18.0. The molecule has 0 saturated carbocycles. The van der Waals surface area contributed by atoms with E-state index >= 15 is 0 Å². The van der Waals surface area contributed by atoms with E-state index in [4.69, 9.17) is 11.6 Å². The molecule has 0 radical (unpaired) electrons. The van der Waals surface area contributed by atoms with E-state index in [0.29, 0.717) is 0 Å². The first-order valence-corrected chi connectivity index (χ1v) is 10.0. The van der Waals surface area contributed by atoms with Crippen LogP contribution >= 0.6 is 34.7 Å². The smallest absolute Gasteiger partial charge is 0.231 e. The van der Waals surface area contributed by atoms with E-state index in [0.717, 1.165) is 37.6 Å². The number of rotatable bonds is 6. The molecule has 6 heteroatoms. The molecule has 1 N–H and O–H groups in total. The van der Waals surface area contributed by atoms with Crippen LogP contribution < -0.4 is 5.32 Å². The van der Waals surface area contributed by atoms with Crippen molar-refractivity contribution in [2.24, 2.45) is 0 Å². The lowest BCUT2D eigenvalue weighted by molar-refractivity contribution is -0.115. The number of aryl methyl sites for hydroxylation is 1. The highest BCUT2D eigenvalue weighted by molar-refractivity contribution is 7.98. The Morgan fingerprint density at radius 1 is 1.20 bits per heavy atom. The van der Waals surface area contributed by atoms with Crippen LogP contribution in [-0.2, 0) is 17.0 Å². The predicted molar refractivity (Wildman–Crippen MR) is 107 cm³/mol. The molecule has 0 aliphatic rings. The maximum atomic E-state index is 12.2. The average Bonchev–Trinajstić information content (AvgIpc) is 3.03. The van der Waals surface area contributed by atoms with Crippen LogP contribution in [0.2, 0.25) is 5.02 Å². The highest BCUT2D eigenvalue weighted by atomic mass is 35.5. The Kier molecular flexibility index (Phi) is 6.13. The molecule has 0 fully saturated rings. The molecule has 1 aromatic heterocycles. The molecule has 25 heavy (non-hydrogen) atoms. The molecule has 0 saturated heterocycles. The number of thiazole rings is 1. The van der Waals surface area contributed by atoms with Gasteiger partial charge in [0.05, 0.1) is 17.1 Å². The summed E-state index contributed by atoms with van der Waals surface area (Å²) in [6, 6.07) is 15.5. The summed E-state index contributed by atoms with van der Waals surface area (Å²) in [5, 5.41) is 6.51. The lowest BCUT2D eigenvalue weighted by atomic mass is 10.2. The highest BCUT2D eigenvalue weighted by Gasteiger charge is 2.10. The summed E-state index contributed by atoms with van der Waals surface area (Å²) in [6.07, 6.45) is 0.287. The fourth-order valence-electron chi connectivity index (χ4n) is 2.25. The Morgan fingerprint density at radius 2 is 1.96 bits per heavy atom. The normalized spacial score (nSPS) is 10.6. The van der Waals surface area contributed by atoms with Crippen LogP contribution in [0.1, 0.15) is 16.3 Å². The summed E-state index contributed by atoms with van der Waals surface area (Å²) >= 11 is 9.33. The number of amides is 1. The SMILES string of the molecule is Cc1ccccc1NC(=O)Cc1nc(CSc2ccccc2Cl)cs1. The van der Waals surface area contributed by atoms with E-state index in [-0.39, 0.29) is 12.3 Å². The fraction of sp³-hybridized carbons (Fsp3) is 0.158. The van der Waals surface area contributed by atoms with E-state index in [9.17, 15) is 4.79 Å². The Hall–Kier alpha value is -1.82. The van der Waals surface area contributed by atoms with Crippen LogP contribution in [0.5, 0.6) is 0 Å². The van der Waals surface area contributed by atoms with Gasteiger partial charge in [-0.1, -0.05) is 41.9 Å². The molecule has 0 spiro atoms. The third-order valence-corrected chi connectivity index (χ3v) is 5.99. The topological polar surface area (TPSA) is 42.0 Å². The zero-order valence-electron chi connectivity index (χ0n) is 13.7. The molecule has 3 rings (SSSR count). The summed E-state index contributed by atoms with van der Waals surface area (Å²) < 4.78 is 0. The van der Waals surface area contributed by atoms with Crippen molar-refractivity contribution in [1.29, 1.82) is 0 Å². The molecule has 1 amide bonds. The van der Waals surface area contributed by atoms with E-state index in [1.807, 2.05) is 60.8 Å². The first-order valence-electron chi connectivity index (χ1n) is 7.78. The van der Waals surface area contributed by atoms with Crippen molar-refractivity contribution in [3.63, 3.8) is 0 Å². The van der Waals surface area contributed by atoms with E-state index in [2.05, 4.69) is 10.3 Å². The Morgan fingerprint density at radius 3 is 2.76 bits per heavy atom. The number of carbonyl (C=O) groups excluding carboxylic acids is 1. The number of nitrogens with one attached hydrogen (secondary N) is 1. The first-order chi connectivity index (χ1) is 12.1. The molecule has 0 bridgehead atoms. The second-order valence-electron chi connectivity index (χ2n) is 5.49. The van der Waals surface area contributed by atoms with Gasteiger partial charge in [-0.2, -0.15) is 0 Å². The fourth-order valence-corrected chi connectivity index (χ4v) is 4.28. The van der Waals surface area contributed by atoms with Gasteiger partial charge in [0.2, 0.25) is 5.91 Å². The summed E-state index contributed by atoms with van der Waals surface area (Å²) in [6.45, 7) is 1.98. The molecule has 3 nitrogen and oxygen atoms in total. The van der Waals surface area contributed by atoms with Crippen molar-refractivity contribution in [1.82, 2.24) is 4.98 Å². The average molecular weight is 389 g/mol. The number of para-hydroxylation sites is 1. The number of carbonyl (C=O) groups is 1. The van der Waals surface area contributed by atoms with Crippen LogP contribution in [0, 0.1) is 6.92 Å². The maximum absolute atomic E-state index is 12.2. The molecule has 0 aliphatic heterocycles. The molecule has 0 aliphatic carbocycles. The summed E-state index contributed by atoms with van der Waals surface area (Å²) in [4.78, 5) is 17.8. The van der Waals surface area contributed by atoms with Crippen molar-refractivity contribution < 1.29 is 4.79 Å².